The standard InChI is InChI=1S/C13H10N2O6/c1-20-10-3-2-8(15(18)19)6-11(10)21-12-7-14-5-4-9(12)13(16)17/h2-7H,1H3,(H,16,17). The highest BCUT2D eigenvalue weighted by molar-refractivity contribution is 5.90. The molecule has 8 heteroatoms. The van der Waals surface area contributed by atoms with E-state index in [0.717, 1.165) is 6.07 Å². The van der Waals surface area contributed by atoms with Crippen molar-refractivity contribution in [1.29, 1.82) is 0 Å². The fraction of sp³-hybridized carbons (Fsp3) is 0.0769. The largest absolute Gasteiger partial charge is 0.493 e. The maximum absolute atomic E-state index is 11.1. The lowest BCUT2D eigenvalue weighted by Gasteiger charge is -2.11. The van der Waals surface area contributed by atoms with Gasteiger partial charge < -0.3 is 14.6 Å². The van der Waals surface area contributed by atoms with Gasteiger partial charge in [0.2, 0.25) is 0 Å². The first-order valence-corrected chi connectivity index (χ1v) is 5.70. The van der Waals surface area contributed by atoms with Crippen molar-refractivity contribution in [2.75, 3.05) is 7.11 Å². The molecule has 0 spiro atoms. The maximum atomic E-state index is 11.1. The van der Waals surface area contributed by atoms with E-state index in [4.69, 9.17) is 14.6 Å². The van der Waals surface area contributed by atoms with Gasteiger partial charge in [0.25, 0.3) is 5.69 Å². The molecular weight excluding hydrogens is 280 g/mol. The van der Waals surface area contributed by atoms with Crippen molar-refractivity contribution < 1.29 is 24.3 Å². The number of hydrogen-bond donors (Lipinski definition) is 1. The first kappa shape index (κ1) is 14.3. The lowest BCUT2D eigenvalue weighted by Crippen LogP contribution is -2.01. The Balaban J connectivity index is 2.45. The van der Waals surface area contributed by atoms with Crippen molar-refractivity contribution in [2.45, 2.75) is 0 Å². The van der Waals surface area contributed by atoms with E-state index in [9.17, 15) is 14.9 Å². The third-order valence-electron chi connectivity index (χ3n) is 2.59. The fourth-order valence-electron chi connectivity index (χ4n) is 1.62. The minimum atomic E-state index is -1.20. The Labute approximate surface area is 118 Å². The van der Waals surface area contributed by atoms with Crippen molar-refractivity contribution in [1.82, 2.24) is 4.98 Å². The second-order valence-corrected chi connectivity index (χ2v) is 3.87. The van der Waals surface area contributed by atoms with E-state index in [2.05, 4.69) is 4.98 Å². The summed E-state index contributed by atoms with van der Waals surface area (Å²) >= 11 is 0. The van der Waals surface area contributed by atoms with Gasteiger partial charge in [0, 0.05) is 12.3 Å². The molecular formula is C13H10N2O6. The summed E-state index contributed by atoms with van der Waals surface area (Å²) in [6.07, 6.45) is 2.52. The van der Waals surface area contributed by atoms with Gasteiger partial charge in [-0.2, -0.15) is 0 Å². The number of nitro groups is 1. The van der Waals surface area contributed by atoms with Gasteiger partial charge in [0.1, 0.15) is 5.56 Å². The Morgan fingerprint density at radius 3 is 2.67 bits per heavy atom. The molecule has 1 aromatic carbocycles. The van der Waals surface area contributed by atoms with E-state index in [1.54, 1.807) is 0 Å². The molecule has 0 fully saturated rings. The first-order chi connectivity index (χ1) is 10.0. The van der Waals surface area contributed by atoms with Gasteiger partial charge in [-0.05, 0) is 12.1 Å². The average Bonchev–Trinajstić information content (AvgIpc) is 2.47. The van der Waals surface area contributed by atoms with Crippen molar-refractivity contribution in [3.63, 3.8) is 0 Å². The van der Waals surface area contributed by atoms with Crippen LogP contribution in [0.15, 0.2) is 36.7 Å². The van der Waals surface area contributed by atoms with Gasteiger partial charge in [-0.15, -0.1) is 0 Å². The van der Waals surface area contributed by atoms with Gasteiger partial charge in [-0.3, -0.25) is 15.1 Å². The minimum absolute atomic E-state index is 0.0298. The van der Waals surface area contributed by atoms with Crippen molar-refractivity contribution in [3.8, 4) is 17.2 Å². The molecule has 21 heavy (non-hydrogen) atoms. The van der Waals surface area contributed by atoms with Gasteiger partial charge in [-0.1, -0.05) is 0 Å². The molecule has 0 aliphatic carbocycles. The van der Waals surface area contributed by atoms with E-state index < -0.39 is 10.9 Å². The van der Waals surface area contributed by atoms with Gasteiger partial charge in [0.15, 0.2) is 17.2 Å². The molecule has 0 unspecified atom stereocenters. The number of carbonyl (C=O) groups is 1. The molecule has 8 nitrogen and oxygen atoms in total. The van der Waals surface area contributed by atoms with Crippen LogP contribution in [-0.2, 0) is 0 Å². The van der Waals surface area contributed by atoms with E-state index in [1.165, 1.54) is 37.7 Å². The zero-order chi connectivity index (χ0) is 15.4. The molecule has 0 amide bonds. The Kier molecular flexibility index (Phi) is 3.98. The van der Waals surface area contributed by atoms with Crippen LogP contribution in [0.2, 0.25) is 0 Å². The number of methoxy groups -OCH3 is 1. The van der Waals surface area contributed by atoms with Gasteiger partial charge in [-0.25, -0.2) is 4.79 Å². The third-order valence-corrected chi connectivity index (χ3v) is 2.59. The number of carboxylic acid groups (broad SMARTS) is 1. The molecule has 1 heterocycles. The molecule has 2 rings (SSSR count). The number of nitro benzene ring substituents is 1. The summed E-state index contributed by atoms with van der Waals surface area (Å²) in [5, 5.41) is 19.8. The zero-order valence-electron chi connectivity index (χ0n) is 10.8. The summed E-state index contributed by atoms with van der Waals surface area (Å²) in [6.45, 7) is 0. The van der Waals surface area contributed by atoms with Crippen LogP contribution in [0.4, 0.5) is 5.69 Å². The second kappa shape index (κ2) is 5.87. The first-order valence-electron chi connectivity index (χ1n) is 5.70. The van der Waals surface area contributed by atoms with E-state index in [1.807, 2.05) is 0 Å². The van der Waals surface area contributed by atoms with Gasteiger partial charge >= 0.3 is 5.97 Å². The highest BCUT2D eigenvalue weighted by Gasteiger charge is 2.17. The molecule has 0 saturated carbocycles. The number of non-ortho nitro benzene ring substituents is 1. The number of carboxylic acids is 1. The Morgan fingerprint density at radius 1 is 1.29 bits per heavy atom. The summed E-state index contributed by atoms with van der Waals surface area (Å²) in [4.78, 5) is 25.1. The van der Waals surface area contributed by atoms with Crippen LogP contribution in [0.5, 0.6) is 17.2 Å². The van der Waals surface area contributed by atoms with Gasteiger partial charge in [0.05, 0.1) is 24.3 Å². The van der Waals surface area contributed by atoms with E-state index in [0.29, 0.717) is 0 Å². The zero-order valence-corrected chi connectivity index (χ0v) is 10.8. The molecule has 0 aliphatic heterocycles. The monoisotopic (exact) mass is 290 g/mol. The van der Waals surface area contributed by atoms with Crippen LogP contribution in [0.25, 0.3) is 0 Å². The minimum Gasteiger partial charge on any atom is -0.493 e. The predicted molar refractivity (Wildman–Crippen MR) is 70.9 cm³/mol. The van der Waals surface area contributed by atoms with Crippen molar-refractivity contribution >= 4 is 11.7 Å². The number of ether oxygens (including phenoxy) is 2. The maximum Gasteiger partial charge on any atom is 0.339 e. The van der Waals surface area contributed by atoms with Crippen LogP contribution >= 0.6 is 0 Å². The number of hydrogen-bond acceptors (Lipinski definition) is 6. The second-order valence-electron chi connectivity index (χ2n) is 3.87. The summed E-state index contributed by atoms with van der Waals surface area (Å²) in [5.41, 5.74) is -0.315. The highest BCUT2D eigenvalue weighted by Crippen LogP contribution is 2.35. The molecule has 0 atom stereocenters. The van der Waals surface area contributed by atoms with Crippen LogP contribution in [0.3, 0.4) is 0 Å². The lowest BCUT2D eigenvalue weighted by molar-refractivity contribution is -0.384. The van der Waals surface area contributed by atoms with Crippen LogP contribution < -0.4 is 9.47 Å². The average molecular weight is 290 g/mol. The predicted octanol–water partition coefficient (Wildman–Crippen LogP) is 2.49. The summed E-state index contributed by atoms with van der Waals surface area (Å²) in [6, 6.07) is 5.04. The van der Waals surface area contributed by atoms with E-state index in [-0.39, 0.29) is 28.5 Å². The van der Waals surface area contributed by atoms with E-state index >= 15 is 0 Å². The molecule has 0 aliphatic rings. The fourth-order valence-corrected chi connectivity index (χ4v) is 1.62. The highest BCUT2D eigenvalue weighted by atomic mass is 16.6. The molecule has 2 aromatic rings. The third kappa shape index (κ3) is 3.06. The molecule has 0 saturated heterocycles. The number of nitrogens with zero attached hydrogens (tertiary/aromatic N) is 2. The number of pyridine rings is 1. The SMILES string of the molecule is COc1ccc([N+](=O)[O-])cc1Oc1cnccc1C(=O)O. The van der Waals surface area contributed by atoms with Crippen LogP contribution in [-0.4, -0.2) is 28.1 Å². The number of rotatable bonds is 5. The quantitative estimate of drug-likeness (QED) is 0.664. The van der Waals surface area contributed by atoms with Crippen molar-refractivity contribution in [2.24, 2.45) is 0 Å². The topological polar surface area (TPSA) is 112 Å². The molecule has 0 radical (unpaired) electrons. The number of aromatic nitrogens is 1. The Hall–Kier alpha value is -3.16. The molecule has 1 N–H and O–H groups in total. The van der Waals surface area contributed by atoms with Crippen LogP contribution in [0.1, 0.15) is 10.4 Å². The molecule has 108 valence electrons. The Morgan fingerprint density at radius 2 is 2.05 bits per heavy atom. The smallest absolute Gasteiger partial charge is 0.339 e. The lowest BCUT2D eigenvalue weighted by atomic mass is 10.2. The molecule has 1 aromatic heterocycles. The summed E-state index contributed by atoms with van der Waals surface area (Å²) in [5.74, 6) is -0.969. The normalized spacial score (nSPS) is 9.95. The summed E-state index contributed by atoms with van der Waals surface area (Å²) < 4.78 is 10.4. The molecule has 0 bridgehead atoms. The van der Waals surface area contributed by atoms with Crippen LogP contribution in [0, 0.1) is 10.1 Å². The number of aromatic carboxylic acids is 1. The van der Waals surface area contributed by atoms with Crippen molar-refractivity contribution in [3.05, 3.63) is 52.3 Å². The Bertz CT molecular complexity index is 701. The number of benzene rings is 1. The summed E-state index contributed by atoms with van der Waals surface area (Å²) in [7, 11) is 1.37.